The van der Waals surface area contributed by atoms with Crippen LogP contribution in [0, 0.1) is 0 Å². The van der Waals surface area contributed by atoms with E-state index in [1.54, 1.807) is 6.08 Å². The third-order valence-electron chi connectivity index (χ3n) is 2.52. The number of allylic oxidation sites excluding steroid dienone is 3. The number of halogens is 1. The lowest BCUT2D eigenvalue weighted by Gasteiger charge is -2.26. The number of hydrogen-bond donors (Lipinski definition) is 1. The van der Waals surface area contributed by atoms with Crippen molar-refractivity contribution in [3.63, 3.8) is 0 Å². The van der Waals surface area contributed by atoms with E-state index in [-0.39, 0.29) is 0 Å². The molecular formula is C11H11ClNO4S-. The molecule has 2 rings (SSSR count). The average molecular weight is 289 g/mol. The van der Waals surface area contributed by atoms with Crippen LogP contribution in [0.4, 0.5) is 0 Å². The molecule has 0 saturated carbocycles. The van der Waals surface area contributed by atoms with Crippen LogP contribution in [0.3, 0.4) is 0 Å². The molecule has 1 aliphatic heterocycles. The van der Waals surface area contributed by atoms with Crippen LogP contribution in [-0.2, 0) is 20.7 Å². The second-order valence-electron chi connectivity index (χ2n) is 3.65. The highest BCUT2D eigenvalue weighted by Gasteiger charge is 2.25. The predicted molar refractivity (Wildman–Crippen MR) is 66.5 cm³/mol. The molecule has 18 heavy (non-hydrogen) atoms. The van der Waals surface area contributed by atoms with Gasteiger partial charge in [0.2, 0.25) is 0 Å². The zero-order valence-electron chi connectivity index (χ0n) is 9.30. The molecule has 0 aromatic rings. The lowest BCUT2D eigenvalue weighted by atomic mass is 9.97. The molecule has 1 heterocycles. The standard InChI is InChI=1S/C11H12ClNO4S/c12-9-4-2-1-3-8(9)11(13-18(14)15)10-7-16-5-6-17-10/h2,4-7,11,13H,1,3H2,(H,14,15)/p-1/t11-/m0/s1. The largest absolute Gasteiger partial charge is 0.760 e. The fraction of sp³-hybridized carbons (Fsp3) is 0.273. The lowest BCUT2D eigenvalue weighted by molar-refractivity contribution is 0.238. The monoisotopic (exact) mass is 288 g/mol. The van der Waals surface area contributed by atoms with Gasteiger partial charge in [0.25, 0.3) is 0 Å². The third-order valence-corrected chi connectivity index (χ3v) is 3.32. The van der Waals surface area contributed by atoms with Gasteiger partial charge in [-0.1, -0.05) is 17.7 Å². The Morgan fingerprint density at radius 2 is 2.33 bits per heavy atom. The van der Waals surface area contributed by atoms with Crippen molar-refractivity contribution in [3.8, 4) is 0 Å². The fourth-order valence-electron chi connectivity index (χ4n) is 1.74. The molecule has 0 aromatic heterocycles. The minimum atomic E-state index is -2.43. The third kappa shape index (κ3) is 3.23. The predicted octanol–water partition coefficient (Wildman–Crippen LogP) is 1.94. The van der Waals surface area contributed by atoms with E-state index in [4.69, 9.17) is 21.1 Å². The highest BCUT2D eigenvalue weighted by molar-refractivity contribution is 7.77. The first-order valence-electron chi connectivity index (χ1n) is 5.26. The van der Waals surface area contributed by atoms with Crippen molar-refractivity contribution in [2.24, 2.45) is 0 Å². The summed E-state index contributed by atoms with van der Waals surface area (Å²) < 4.78 is 34.3. The summed E-state index contributed by atoms with van der Waals surface area (Å²) in [5.74, 6) is 0.352. The Balaban J connectivity index is 2.27. The molecule has 7 heteroatoms. The SMILES string of the molecule is O=S([O-])N[C@H](C1=COC=CO1)C1=C(Cl)C=CCC1. The Hall–Kier alpha value is -1.08. The zero-order chi connectivity index (χ0) is 13.0. The summed E-state index contributed by atoms with van der Waals surface area (Å²) in [6.45, 7) is 0. The first-order chi connectivity index (χ1) is 8.68. The van der Waals surface area contributed by atoms with E-state index in [0.29, 0.717) is 17.2 Å². The highest BCUT2D eigenvalue weighted by Crippen LogP contribution is 2.29. The normalized spacial score (nSPS) is 22.0. The van der Waals surface area contributed by atoms with Crippen LogP contribution < -0.4 is 4.72 Å². The van der Waals surface area contributed by atoms with Crippen LogP contribution in [0.1, 0.15) is 12.8 Å². The van der Waals surface area contributed by atoms with Gasteiger partial charge in [0.15, 0.2) is 5.76 Å². The van der Waals surface area contributed by atoms with Gasteiger partial charge in [-0.2, -0.15) is 0 Å². The summed E-state index contributed by atoms with van der Waals surface area (Å²) >= 11 is 3.66. The van der Waals surface area contributed by atoms with Crippen molar-refractivity contribution in [2.45, 2.75) is 18.9 Å². The molecule has 5 nitrogen and oxygen atoms in total. The van der Waals surface area contributed by atoms with Gasteiger partial charge >= 0.3 is 0 Å². The molecule has 98 valence electrons. The molecule has 1 unspecified atom stereocenters. The molecule has 2 atom stereocenters. The molecule has 0 saturated heterocycles. The number of nitrogens with one attached hydrogen (secondary N) is 1. The second-order valence-corrected chi connectivity index (χ2v) is 4.76. The van der Waals surface area contributed by atoms with E-state index in [1.807, 2.05) is 6.08 Å². The Bertz CT molecular complexity index is 470. The molecule has 0 amide bonds. The second kappa shape index (κ2) is 6.19. The molecular weight excluding hydrogens is 278 g/mol. The number of hydrogen-bond acceptors (Lipinski definition) is 4. The molecule has 0 fully saturated rings. The maximum absolute atomic E-state index is 10.9. The Morgan fingerprint density at radius 1 is 1.50 bits per heavy atom. The van der Waals surface area contributed by atoms with Crippen molar-refractivity contribution >= 4 is 22.9 Å². The molecule has 1 aliphatic carbocycles. The van der Waals surface area contributed by atoms with Gasteiger partial charge in [-0.15, -0.1) is 0 Å². The summed E-state index contributed by atoms with van der Waals surface area (Å²) in [7, 11) is 0. The van der Waals surface area contributed by atoms with E-state index in [9.17, 15) is 8.76 Å². The molecule has 0 spiro atoms. The summed E-state index contributed by atoms with van der Waals surface area (Å²) in [6.07, 6.45) is 9.19. The van der Waals surface area contributed by atoms with Gasteiger partial charge in [-0.3, -0.25) is 4.21 Å². The van der Waals surface area contributed by atoms with E-state index >= 15 is 0 Å². The lowest BCUT2D eigenvalue weighted by Crippen LogP contribution is -2.36. The summed E-state index contributed by atoms with van der Waals surface area (Å²) in [5.41, 5.74) is 0.758. The Labute approximate surface area is 112 Å². The van der Waals surface area contributed by atoms with E-state index in [1.165, 1.54) is 18.8 Å². The van der Waals surface area contributed by atoms with Crippen molar-refractivity contribution in [1.82, 2.24) is 4.72 Å². The number of rotatable bonds is 4. The smallest absolute Gasteiger partial charge is 0.160 e. The zero-order valence-corrected chi connectivity index (χ0v) is 10.9. The summed E-state index contributed by atoms with van der Waals surface area (Å²) in [6, 6.07) is -0.647. The maximum atomic E-state index is 10.9. The quantitative estimate of drug-likeness (QED) is 0.803. The van der Waals surface area contributed by atoms with E-state index in [2.05, 4.69) is 4.72 Å². The van der Waals surface area contributed by atoms with Gasteiger partial charge in [0.1, 0.15) is 24.8 Å². The molecule has 1 N–H and O–H groups in total. The van der Waals surface area contributed by atoms with Crippen molar-refractivity contribution in [3.05, 3.63) is 47.3 Å². The molecule has 0 aromatic carbocycles. The van der Waals surface area contributed by atoms with Crippen LogP contribution in [-0.4, -0.2) is 14.8 Å². The van der Waals surface area contributed by atoms with Gasteiger partial charge < -0.3 is 14.0 Å². The first kappa shape index (κ1) is 13.4. The summed E-state index contributed by atoms with van der Waals surface area (Å²) in [5, 5.41) is 0.517. The van der Waals surface area contributed by atoms with E-state index < -0.39 is 17.3 Å². The van der Waals surface area contributed by atoms with E-state index in [0.717, 1.165) is 12.0 Å². The van der Waals surface area contributed by atoms with Crippen LogP contribution in [0.2, 0.25) is 0 Å². The molecule has 0 bridgehead atoms. The van der Waals surface area contributed by atoms with Crippen molar-refractivity contribution < 1.29 is 18.2 Å². The first-order valence-corrected chi connectivity index (χ1v) is 6.71. The Kier molecular flexibility index (Phi) is 4.60. The van der Waals surface area contributed by atoms with Gasteiger partial charge in [-0.05, 0) is 24.5 Å². The van der Waals surface area contributed by atoms with Crippen LogP contribution in [0.5, 0.6) is 0 Å². The minimum absolute atomic E-state index is 0.352. The Morgan fingerprint density at radius 3 is 2.94 bits per heavy atom. The fourth-order valence-corrected chi connectivity index (χ4v) is 2.48. The van der Waals surface area contributed by atoms with Crippen molar-refractivity contribution in [1.29, 1.82) is 0 Å². The topological polar surface area (TPSA) is 70.6 Å². The molecule has 2 aliphatic rings. The molecule has 0 radical (unpaired) electrons. The number of ether oxygens (including phenoxy) is 2. The van der Waals surface area contributed by atoms with Crippen LogP contribution in [0.25, 0.3) is 0 Å². The average Bonchev–Trinajstić information content (AvgIpc) is 2.38. The van der Waals surface area contributed by atoms with Crippen LogP contribution in [0.15, 0.2) is 47.3 Å². The van der Waals surface area contributed by atoms with Gasteiger partial charge in [0, 0.05) is 16.3 Å². The van der Waals surface area contributed by atoms with Gasteiger partial charge in [-0.25, -0.2) is 4.72 Å². The highest BCUT2D eigenvalue weighted by atomic mass is 35.5. The summed E-state index contributed by atoms with van der Waals surface area (Å²) in [4.78, 5) is 0. The van der Waals surface area contributed by atoms with Crippen molar-refractivity contribution in [2.75, 3.05) is 0 Å². The van der Waals surface area contributed by atoms with Crippen LogP contribution >= 0.6 is 11.6 Å². The van der Waals surface area contributed by atoms with Gasteiger partial charge in [0.05, 0.1) is 0 Å². The minimum Gasteiger partial charge on any atom is -0.760 e. The maximum Gasteiger partial charge on any atom is 0.160 e.